The molecule has 0 aliphatic rings. The van der Waals surface area contributed by atoms with Gasteiger partial charge in [-0.2, -0.15) is 0 Å². The van der Waals surface area contributed by atoms with Crippen LogP contribution in [0.1, 0.15) is 19.3 Å². The van der Waals surface area contributed by atoms with Gasteiger partial charge in [0.05, 0.1) is 0 Å². The molecule has 0 atom stereocenters. The molecule has 2 N–H and O–H groups in total. The van der Waals surface area contributed by atoms with Crippen LogP contribution in [0.25, 0.3) is 10.9 Å². The second kappa shape index (κ2) is 5.23. The lowest BCUT2D eigenvalue weighted by Gasteiger charge is -2.05. The highest BCUT2D eigenvalue weighted by atomic mass is 35.5. The minimum absolute atomic E-state index is 0.231. The Morgan fingerprint density at radius 1 is 1.29 bits per heavy atom. The summed E-state index contributed by atoms with van der Waals surface area (Å²) in [6.45, 7) is 0.886. The molecule has 0 saturated carbocycles. The van der Waals surface area contributed by atoms with Gasteiger partial charge in [0.1, 0.15) is 0 Å². The molecular weight excluding hydrogens is 236 g/mol. The third kappa shape index (κ3) is 3.01. The predicted octanol–water partition coefficient (Wildman–Crippen LogP) is 2.95. The van der Waals surface area contributed by atoms with Crippen LogP contribution in [0.3, 0.4) is 0 Å². The molecule has 3 nitrogen and oxygen atoms in total. The number of nitrogens with two attached hydrogens (primary N) is 1. The number of rotatable bonds is 5. The first kappa shape index (κ1) is 12.0. The van der Waals surface area contributed by atoms with Crippen LogP contribution in [0.2, 0.25) is 5.02 Å². The SMILES string of the molecule is NC(=O)CCCCn1ccc2ccc(Cl)cc21. The average molecular weight is 251 g/mol. The van der Waals surface area contributed by atoms with Gasteiger partial charge in [0.25, 0.3) is 0 Å². The largest absolute Gasteiger partial charge is 0.370 e. The van der Waals surface area contributed by atoms with Crippen molar-refractivity contribution in [2.24, 2.45) is 5.73 Å². The molecule has 17 heavy (non-hydrogen) atoms. The van der Waals surface area contributed by atoms with E-state index in [2.05, 4.69) is 10.6 Å². The van der Waals surface area contributed by atoms with E-state index in [1.54, 1.807) is 0 Å². The molecule has 90 valence electrons. The lowest BCUT2D eigenvalue weighted by Crippen LogP contribution is -2.10. The number of aromatic nitrogens is 1. The van der Waals surface area contributed by atoms with Gasteiger partial charge < -0.3 is 10.3 Å². The van der Waals surface area contributed by atoms with Crippen molar-refractivity contribution in [2.75, 3.05) is 0 Å². The number of hydrogen-bond donors (Lipinski definition) is 1. The molecule has 0 saturated heterocycles. The minimum Gasteiger partial charge on any atom is -0.370 e. The van der Waals surface area contributed by atoms with Gasteiger partial charge in [-0.05, 0) is 36.4 Å². The maximum atomic E-state index is 10.6. The molecule has 2 aromatic rings. The molecule has 0 aliphatic carbocycles. The fourth-order valence-electron chi connectivity index (χ4n) is 1.93. The van der Waals surface area contributed by atoms with Crippen LogP contribution >= 0.6 is 11.6 Å². The van der Waals surface area contributed by atoms with Crippen molar-refractivity contribution in [3.63, 3.8) is 0 Å². The topological polar surface area (TPSA) is 48.0 Å². The highest BCUT2D eigenvalue weighted by Crippen LogP contribution is 2.20. The number of fused-ring (bicyclic) bond motifs is 1. The van der Waals surface area contributed by atoms with E-state index < -0.39 is 0 Å². The Balaban J connectivity index is 2.03. The van der Waals surface area contributed by atoms with E-state index in [0.717, 1.165) is 29.9 Å². The van der Waals surface area contributed by atoms with Crippen molar-refractivity contribution >= 4 is 28.4 Å². The van der Waals surface area contributed by atoms with Crippen molar-refractivity contribution in [3.05, 3.63) is 35.5 Å². The van der Waals surface area contributed by atoms with Gasteiger partial charge in [-0.3, -0.25) is 4.79 Å². The van der Waals surface area contributed by atoms with Crippen LogP contribution < -0.4 is 5.73 Å². The Bertz CT molecular complexity index is 533. The number of nitrogens with zero attached hydrogens (tertiary/aromatic N) is 1. The van der Waals surface area contributed by atoms with Gasteiger partial charge in [0, 0.05) is 29.7 Å². The number of carbonyl (C=O) groups is 1. The predicted molar refractivity (Wildman–Crippen MR) is 70.0 cm³/mol. The highest BCUT2D eigenvalue weighted by Gasteiger charge is 2.02. The van der Waals surface area contributed by atoms with E-state index in [-0.39, 0.29) is 5.91 Å². The summed E-state index contributed by atoms with van der Waals surface area (Å²) in [5.74, 6) is -0.231. The molecule has 0 aliphatic heterocycles. The maximum Gasteiger partial charge on any atom is 0.217 e. The molecule has 0 radical (unpaired) electrons. The Morgan fingerprint density at radius 2 is 2.12 bits per heavy atom. The van der Waals surface area contributed by atoms with Crippen molar-refractivity contribution in [2.45, 2.75) is 25.8 Å². The van der Waals surface area contributed by atoms with Crippen LogP contribution in [0.15, 0.2) is 30.5 Å². The second-order valence-electron chi connectivity index (χ2n) is 4.14. The summed E-state index contributed by atoms with van der Waals surface area (Å²) in [7, 11) is 0. The van der Waals surface area contributed by atoms with Crippen LogP contribution in [0.5, 0.6) is 0 Å². The lowest BCUT2D eigenvalue weighted by molar-refractivity contribution is -0.118. The number of aryl methyl sites for hydroxylation is 1. The summed E-state index contributed by atoms with van der Waals surface area (Å²) in [6, 6.07) is 7.93. The summed E-state index contributed by atoms with van der Waals surface area (Å²) in [5.41, 5.74) is 6.23. The summed E-state index contributed by atoms with van der Waals surface area (Å²) >= 11 is 5.98. The number of amides is 1. The molecule has 0 spiro atoms. The second-order valence-corrected chi connectivity index (χ2v) is 4.57. The lowest BCUT2D eigenvalue weighted by atomic mass is 10.2. The van der Waals surface area contributed by atoms with Gasteiger partial charge in [0.15, 0.2) is 0 Å². The molecule has 1 aromatic heterocycles. The molecule has 1 amide bonds. The molecule has 4 heteroatoms. The number of halogens is 1. The van der Waals surface area contributed by atoms with Crippen LogP contribution in [-0.2, 0) is 11.3 Å². The Kier molecular flexibility index (Phi) is 3.69. The monoisotopic (exact) mass is 250 g/mol. The van der Waals surface area contributed by atoms with Crippen LogP contribution in [-0.4, -0.2) is 10.5 Å². The van der Waals surface area contributed by atoms with E-state index in [0.29, 0.717) is 6.42 Å². The van der Waals surface area contributed by atoms with Gasteiger partial charge >= 0.3 is 0 Å². The van der Waals surface area contributed by atoms with Crippen molar-refractivity contribution in [3.8, 4) is 0 Å². The zero-order valence-corrected chi connectivity index (χ0v) is 10.3. The number of hydrogen-bond acceptors (Lipinski definition) is 1. The number of carbonyl (C=O) groups excluding carboxylic acids is 1. The van der Waals surface area contributed by atoms with Crippen molar-refractivity contribution in [1.82, 2.24) is 4.57 Å². The highest BCUT2D eigenvalue weighted by molar-refractivity contribution is 6.31. The average Bonchev–Trinajstić information content (AvgIpc) is 2.67. The molecular formula is C13H15ClN2O. The van der Waals surface area contributed by atoms with Gasteiger partial charge in [-0.15, -0.1) is 0 Å². The zero-order chi connectivity index (χ0) is 12.3. The Hall–Kier alpha value is -1.48. The van der Waals surface area contributed by atoms with E-state index >= 15 is 0 Å². The zero-order valence-electron chi connectivity index (χ0n) is 9.53. The first-order chi connectivity index (χ1) is 8.16. The summed E-state index contributed by atoms with van der Waals surface area (Å²) in [4.78, 5) is 10.6. The minimum atomic E-state index is -0.231. The van der Waals surface area contributed by atoms with Gasteiger partial charge in [-0.25, -0.2) is 0 Å². The van der Waals surface area contributed by atoms with E-state index in [1.165, 1.54) is 5.39 Å². The summed E-state index contributed by atoms with van der Waals surface area (Å²) in [6.07, 6.45) is 4.28. The van der Waals surface area contributed by atoms with Crippen molar-refractivity contribution < 1.29 is 4.79 Å². The number of unbranched alkanes of at least 4 members (excludes halogenated alkanes) is 1. The molecule has 0 bridgehead atoms. The third-order valence-electron chi connectivity index (χ3n) is 2.81. The summed E-state index contributed by atoms with van der Waals surface area (Å²) in [5, 5.41) is 1.93. The molecule has 1 aromatic carbocycles. The molecule has 1 heterocycles. The quantitative estimate of drug-likeness (QED) is 0.815. The standard InChI is InChI=1S/C13H15ClN2O/c14-11-5-4-10-6-8-16(12(10)9-11)7-2-1-3-13(15)17/h4-6,8-9H,1-3,7H2,(H2,15,17). The van der Waals surface area contributed by atoms with E-state index in [4.69, 9.17) is 17.3 Å². The van der Waals surface area contributed by atoms with Gasteiger partial charge in [0.2, 0.25) is 5.91 Å². The smallest absolute Gasteiger partial charge is 0.217 e. The number of primary amides is 1. The van der Waals surface area contributed by atoms with E-state index in [1.807, 2.05) is 24.4 Å². The fraction of sp³-hybridized carbons (Fsp3) is 0.308. The normalized spacial score (nSPS) is 10.9. The third-order valence-corrected chi connectivity index (χ3v) is 3.04. The molecule has 2 rings (SSSR count). The fourth-order valence-corrected chi connectivity index (χ4v) is 2.10. The first-order valence-electron chi connectivity index (χ1n) is 5.69. The van der Waals surface area contributed by atoms with Gasteiger partial charge in [-0.1, -0.05) is 17.7 Å². The first-order valence-corrected chi connectivity index (χ1v) is 6.07. The Labute approximate surface area is 105 Å². The van der Waals surface area contributed by atoms with Crippen LogP contribution in [0.4, 0.5) is 0 Å². The molecule has 0 fully saturated rings. The van der Waals surface area contributed by atoms with Crippen LogP contribution in [0, 0.1) is 0 Å². The Morgan fingerprint density at radius 3 is 2.88 bits per heavy atom. The van der Waals surface area contributed by atoms with E-state index in [9.17, 15) is 4.79 Å². The maximum absolute atomic E-state index is 10.6. The number of benzene rings is 1. The molecule has 0 unspecified atom stereocenters. The van der Waals surface area contributed by atoms with Crippen molar-refractivity contribution in [1.29, 1.82) is 0 Å². The summed E-state index contributed by atoms with van der Waals surface area (Å²) < 4.78 is 2.15.